The number of carbonyl (C=O) groups is 1. The van der Waals surface area contributed by atoms with Crippen LogP contribution in [0.4, 0.5) is 0 Å². The van der Waals surface area contributed by atoms with Crippen molar-refractivity contribution in [2.45, 2.75) is 19.2 Å². The Hall–Kier alpha value is -2.57. The molecule has 0 unspecified atom stereocenters. The molecule has 0 heterocycles. The van der Waals surface area contributed by atoms with Crippen LogP contribution in [-0.2, 0) is 17.9 Å². The van der Waals surface area contributed by atoms with Crippen molar-refractivity contribution in [3.63, 3.8) is 0 Å². The molecule has 0 spiro atoms. The first-order valence-corrected chi connectivity index (χ1v) is 8.06. The van der Waals surface area contributed by atoms with Crippen molar-refractivity contribution < 1.29 is 19.4 Å². The van der Waals surface area contributed by atoms with Crippen LogP contribution in [0.25, 0.3) is 0 Å². The summed E-state index contributed by atoms with van der Waals surface area (Å²) >= 11 is 0. The fourth-order valence-corrected chi connectivity index (χ4v) is 2.29. The van der Waals surface area contributed by atoms with E-state index in [1.54, 1.807) is 14.2 Å². The molecule has 0 aliphatic rings. The number of methoxy groups -OCH3 is 1. The van der Waals surface area contributed by atoms with Gasteiger partial charge in [0, 0.05) is 13.6 Å². The first-order chi connectivity index (χ1) is 12.2. The molecule has 2 aromatic rings. The molecule has 0 aliphatic heterocycles. The van der Waals surface area contributed by atoms with Crippen molar-refractivity contribution in [1.82, 2.24) is 10.6 Å². The monoisotopic (exact) mass is 344 g/mol. The molecule has 0 saturated heterocycles. The van der Waals surface area contributed by atoms with Gasteiger partial charge in [-0.1, -0.05) is 24.3 Å². The number of hydrogen-bond donors (Lipinski definition) is 3. The summed E-state index contributed by atoms with van der Waals surface area (Å²) in [5.74, 6) is 1.33. The normalized spacial score (nSPS) is 11.6. The average Bonchev–Trinajstić information content (AvgIpc) is 2.67. The smallest absolute Gasteiger partial charge is 0.239 e. The highest BCUT2D eigenvalue weighted by molar-refractivity contribution is 5.81. The van der Waals surface area contributed by atoms with Crippen molar-refractivity contribution in [2.75, 3.05) is 20.8 Å². The van der Waals surface area contributed by atoms with E-state index in [0.29, 0.717) is 13.2 Å². The van der Waals surface area contributed by atoms with Gasteiger partial charge in [-0.2, -0.15) is 0 Å². The van der Waals surface area contributed by atoms with Crippen molar-refractivity contribution in [2.24, 2.45) is 0 Å². The predicted molar refractivity (Wildman–Crippen MR) is 95.5 cm³/mol. The van der Waals surface area contributed by atoms with Gasteiger partial charge in [0.25, 0.3) is 0 Å². The second-order valence-electron chi connectivity index (χ2n) is 5.51. The number of carbonyl (C=O) groups excluding carboxylic acids is 1. The second-order valence-corrected chi connectivity index (χ2v) is 5.51. The highest BCUT2D eigenvalue weighted by Gasteiger charge is 2.14. The van der Waals surface area contributed by atoms with Gasteiger partial charge in [-0.25, -0.2) is 0 Å². The topological polar surface area (TPSA) is 79.8 Å². The molecule has 3 N–H and O–H groups in total. The van der Waals surface area contributed by atoms with E-state index in [2.05, 4.69) is 10.6 Å². The third-order valence-corrected chi connectivity index (χ3v) is 3.76. The molecule has 0 fully saturated rings. The first-order valence-electron chi connectivity index (χ1n) is 8.06. The van der Waals surface area contributed by atoms with Gasteiger partial charge in [0.05, 0.1) is 13.7 Å². The van der Waals surface area contributed by atoms with Gasteiger partial charge in [0.1, 0.15) is 24.1 Å². The van der Waals surface area contributed by atoms with E-state index in [9.17, 15) is 9.90 Å². The maximum atomic E-state index is 11.5. The SMILES string of the molecule is CNC(=O)[C@@H](CO)NCc1ccc(OCc2cccc(OC)c2)cc1. The van der Waals surface area contributed by atoms with E-state index in [1.807, 2.05) is 48.5 Å². The molecular formula is C19H24N2O4. The number of aliphatic hydroxyl groups excluding tert-OH is 1. The molecule has 6 nitrogen and oxygen atoms in total. The second kappa shape index (κ2) is 9.66. The number of likely N-dealkylation sites (N-methyl/N-ethyl adjacent to an activating group) is 1. The standard InChI is InChI=1S/C19H24N2O4/c1-20-19(23)18(12-22)21-11-14-6-8-16(9-7-14)25-13-15-4-3-5-17(10-15)24-2/h3-10,18,21-22H,11-13H2,1-2H3,(H,20,23)/t18-/m1/s1. The van der Waals surface area contributed by atoms with E-state index in [1.165, 1.54) is 0 Å². The fourth-order valence-electron chi connectivity index (χ4n) is 2.29. The maximum absolute atomic E-state index is 11.5. The Labute approximate surface area is 147 Å². The number of ether oxygens (including phenoxy) is 2. The molecule has 0 bridgehead atoms. The van der Waals surface area contributed by atoms with Crippen LogP contribution in [0.15, 0.2) is 48.5 Å². The van der Waals surface area contributed by atoms with E-state index in [-0.39, 0.29) is 12.5 Å². The molecule has 1 amide bonds. The van der Waals surface area contributed by atoms with Crippen molar-refractivity contribution in [3.8, 4) is 11.5 Å². The minimum Gasteiger partial charge on any atom is -0.497 e. The lowest BCUT2D eigenvalue weighted by molar-refractivity contribution is -0.123. The third-order valence-electron chi connectivity index (χ3n) is 3.76. The number of benzene rings is 2. The number of rotatable bonds is 9. The zero-order chi connectivity index (χ0) is 18.1. The Balaban J connectivity index is 1.85. The van der Waals surface area contributed by atoms with Gasteiger partial charge in [-0.05, 0) is 35.4 Å². The van der Waals surface area contributed by atoms with E-state index >= 15 is 0 Å². The summed E-state index contributed by atoms with van der Waals surface area (Å²) < 4.78 is 11.0. The molecule has 2 aromatic carbocycles. The molecule has 0 aromatic heterocycles. The Kier molecular flexibility index (Phi) is 7.25. The van der Waals surface area contributed by atoms with Gasteiger partial charge < -0.3 is 19.9 Å². The molecule has 6 heteroatoms. The van der Waals surface area contributed by atoms with Gasteiger partial charge in [0.2, 0.25) is 5.91 Å². The van der Waals surface area contributed by atoms with Crippen LogP contribution < -0.4 is 20.1 Å². The third kappa shape index (κ3) is 5.77. The van der Waals surface area contributed by atoms with Crippen LogP contribution in [-0.4, -0.2) is 37.8 Å². The summed E-state index contributed by atoms with van der Waals surface area (Å²) in [6, 6.07) is 14.7. The first kappa shape index (κ1) is 18.8. The molecule has 2 rings (SSSR count). The Morgan fingerprint density at radius 2 is 1.88 bits per heavy atom. The van der Waals surface area contributed by atoms with Gasteiger partial charge in [-0.15, -0.1) is 0 Å². The van der Waals surface area contributed by atoms with Gasteiger partial charge in [0.15, 0.2) is 0 Å². The maximum Gasteiger partial charge on any atom is 0.239 e. The predicted octanol–water partition coefficient (Wildman–Crippen LogP) is 1.47. The summed E-state index contributed by atoms with van der Waals surface area (Å²) in [5.41, 5.74) is 2.03. The molecule has 134 valence electrons. The summed E-state index contributed by atoms with van der Waals surface area (Å²) in [6.45, 7) is 0.689. The number of amides is 1. The van der Waals surface area contributed by atoms with Crippen LogP contribution in [0.1, 0.15) is 11.1 Å². The van der Waals surface area contributed by atoms with E-state index in [4.69, 9.17) is 9.47 Å². The largest absolute Gasteiger partial charge is 0.497 e. The van der Waals surface area contributed by atoms with Crippen molar-refractivity contribution in [1.29, 1.82) is 0 Å². The minimum absolute atomic E-state index is 0.235. The quantitative estimate of drug-likeness (QED) is 0.642. The lowest BCUT2D eigenvalue weighted by Gasteiger charge is -2.14. The highest BCUT2D eigenvalue weighted by Crippen LogP contribution is 2.17. The average molecular weight is 344 g/mol. The van der Waals surface area contributed by atoms with Crippen LogP contribution in [0.5, 0.6) is 11.5 Å². The lowest BCUT2D eigenvalue weighted by atomic mass is 10.2. The molecule has 25 heavy (non-hydrogen) atoms. The highest BCUT2D eigenvalue weighted by atomic mass is 16.5. The van der Waals surface area contributed by atoms with E-state index in [0.717, 1.165) is 22.6 Å². The van der Waals surface area contributed by atoms with Crippen LogP contribution in [0.2, 0.25) is 0 Å². The zero-order valence-electron chi connectivity index (χ0n) is 14.5. The van der Waals surface area contributed by atoms with E-state index < -0.39 is 6.04 Å². The summed E-state index contributed by atoms with van der Waals surface area (Å²) in [7, 11) is 3.18. The zero-order valence-corrected chi connectivity index (χ0v) is 14.5. The van der Waals surface area contributed by atoms with Crippen LogP contribution >= 0.6 is 0 Å². The minimum atomic E-state index is -0.617. The molecule has 0 aliphatic carbocycles. The van der Waals surface area contributed by atoms with Crippen LogP contribution in [0, 0.1) is 0 Å². The Bertz CT molecular complexity index is 673. The summed E-state index contributed by atoms with van der Waals surface area (Å²) in [5, 5.41) is 14.7. The lowest BCUT2D eigenvalue weighted by Crippen LogP contribution is -2.44. The van der Waals surface area contributed by atoms with Gasteiger partial charge in [-0.3, -0.25) is 10.1 Å². The van der Waals surface area contributed by atoms with Crippen molar-refractivity contribution >= 4 is 5.91 Å². The molecular weight excluding hydrogens is 320 g/mol. The Morgan fingerprint density at radius 3 is 2.52 bits per heavy atom. The van der Waals surface area contributed by atoms with Gasteiger partial charge >= 0.3 is 0 Å². The van der Waals surface area contributed by atoms with Crippen LogP contribution in [0.3, 0.4) is 0 Å². The fraction of sp³-hybridized carbons (Fsp3) is 0.316. The number of hydrogen-bond acceptors (Lipinski definition) is 5. The number of nitrogens with one attached hydrogen (secondary N) is 2. The molecule has 1 atom stereocenters. The molecule has 0 saturated carbocycles. The summed E-state index contributed by atoms with van der Waals surface area (Å²) in [4.78, 5) is 11.5. The Morgan fingerprint density at radius 1 is 1.12 bits per heavy atom. The van der Waals surface area contributed by atoms with Crippen molar-refractivity contribution in [3.05, 3.63) is 59.7 Å². The molecule has 0 radical (unpaired) electrons. The number of aliphatic hydroxyl groups is 1. The summed E-state index contributed by atoms with van der Waals surface area (Å²) in [6.07, 6.45) is 0.